The SMILES string of the molecule is C=O.COC(=O)C(CC(C(=O)OC)C(=O)C(C)C)C(=O)OC.COC(=O)CC(=O)OC.OCC(CO)CC(CO)CO. The third kappa shape index (κ3) is 21.3. The smallest absolute Gasteiger partial charge is 0.320 e. The molecule has 0 heterocycles. The summed E-state index contributed by atoms with van der Waals surface area (Å²) in [7, 11) is 5.77. The van der Waals surface area contributed by atoms with Crippen molar-refractivity contribution in [3.05, 3.63) is 0 Å². The number of aliphatic hydroxyl groups excluding tert-OH is 4. The number of ether oxygens (including phenoxy) is 5. The maximum Gasteiger partial charge on any atom is 0.320 e. The molecule has 0 radical (unpaired) electrons. The van der Waals surface area contributed by atoms with Gasteiger partial charge in [0.2, 0.25) is 0 Å². The van der Waals surface area contributed by atoms with Crippen molar-refractivity contribution in [3.63, 3.8) is 0 Å². The Hall–Kier alpha value is -3.47. The molecule has 0 aliphatic rings. The summed E-state index contributed by atoms with van der Waals surface area (Å²) in [6.07, 6.45) is -0.184. The van der Waals surface area contributed by atoms with Crippen LogP contribution >= 0.6 is 0 Å². The van der Waals surface area contributed by atoms with Crippen LogP contribution in [0.25, 0.3) is 0 Å². The lowest BCUT2D eigenvalue weighted by atomic mass is 9.87. The van der Waals surface area contributed by atoms with Crippen LogP contribution in [-0.4, -0.2) is 125 Å². The van der Waals surface area contributed by atoms with Gasteiger partial charge in [0.1, 0.15) is 24.9 Å². The monoisotopic (exact) mass is 614 g/mol. The lowest BCUT2D eigenvalue weighted by Crippen LogP contribution is -2.36. The molecule has 42 heavy (non-hydrogen) atoms. The Balaban J connectivity index is -0.000000276. The van der Waals surface area contributed by atoms with Crippen LogP contribution in [-0.2, 0) is 57.2 Å². The maximum atomic E-state index is 12.0. The van der Waals surface area contributed by atoms with Gasteiger partial charge in [0.25, 0.3) is 0 Å². The maximum absolute atomic E-state index is 12.0. The molecule has 1 atom stereocenters. The number of esters is 5. The van der Waals surface area contributed by atoms with Crippen molar-refractivity contribution in [2.45, 2.75) is 33.1 Å². The van der Waals surface area contributed by atoms with Crippen LogP contribution in [0.3, 0.4) is 0 Å². The standard InChI is InChI=1S/C13H20O7.C7H16O4.C5H8O4.CH2O/c1-7(2)10(14)8(11(15)18-3)6-9(12(16)19-4)13(17)20-5;8-2-6(3-9)1-7(4-10)5-11;1-8-4(6)3-5(7)9-2;1-2/h7-9H,6H2,1-5H3;6-11H,1-5H2;3H2,1-2H3;1H2. The first-order chi connectivity index (χ1) is 19.8. The lowest BCUT2D eigenvalue weighted by molar-refractivity contribution is -0.161. The van der Waals surface area contributed by atoms with E-state index in [-0.39, 0.29) is 51.1 Å². The Kier molecular flexibility index (Phi) is 31.5. The molecule has 0 saturated heterocycles. The number of methoxy groups -OCH3 is 5. The molecule has 0 aliphatic carbocycles. The molecule has 0 amide bonds. The third-order valence-corrected chi connectivity index (χ3v) is 5.28. The van der Waals surface area contributed by atoms with Gasteiger partial charge in [0.05, 0.1) is 35.5 Å². The van der Waals surface area contributed by atoms with E-state index in [1.165, 1.54) is 14.2 Å². The third-order valence-electron chi connectivity index (χ3n) is 5.28. The summed E-state index contributed by atoms with van der Waals surface area (Å²) >= 11 is 0. The van der Waals surface area contributed by atoms with Crippen molar-refractivity contribution in [1.82, 2.24) is 0 Å². The summed E-state index contributed by atoms with van der Waals surface area (Å²) in [6.45, 7) is 4.81. The summed E-state index contributed by atoms with van der Waals surface area (Å²) in [5.74, 6) is -7.50. The van der Waals surface area contributed by atoms with Gasteiger partial charge < -0.3 is 48.9 Å². The van der Waals surface area contributed by atoms with Crippen LogP contribution in [0.5, 0.6) is 0 Å². The van der Waals surface area contributed by atoms with Crippen molar-refractivity contribution in [1.29, 1.82) is 0 Å². The summed E-state index contributed by atoms with van der Waals surface area (Å²) < 4.78 is 21.9. The number of carbonyl (C=O) groups excluding carboxylic acids is 7. The van der Waals surface area contributed by atoms with E-state index in [1.54, 1.807) is 13.8 Å². The van der Waals surface area contributed by atoms with Gasteiger partial charge in [-0.1, -0.05) is 13.8 Å². The lowest BCUT2D eigenvalue weighted by Gasteiger charge is -2.19. The topological polar surface area (TPSA) is 247 Å². The highest BCUT2D eigenvalue weighted by molar-refractivity contribution is 6.02. The normalized spacial score (nSPS) is 10.5. The van der Waals surface area contributed by atoms with Gasteiger partial charge in [-0.15, -0.1) is 0 Å². The van der Waals surface area contributed by atoms with E-state index in [1.807, 2.05) is 6.79 Å². The minimum atomic E-state index is -1.34. The van der Waals surface area contributed by atoms with Crippen LogP contribution in [0.4, 0.5) is 0 Å². The molecule has 246 valence electrons. The molecule has 4 N–H and O–H groups in total. The molecule has 0 aromatic rings. The molecule has 0 saturated carbocycles. The van der Waals surface area contributed by atoms with E-state index in [9.17, 15) is 28.8 Å². The predicted octanol–water partition coefficient (Wildman–Crippen LogP) is -1.53. The van der Waals surface area contributed by atoms with E-state index < -0.39 is 53.4 Å². The summed E-state index contributed by atoms with van der Waals surface area (Å²) in [5.41, 5.74) is 0. The Labute approximate surface area is 245 Å². The first-order valence-electron chi connectivity index (χ1n) is 12.4. The predicted molar refractivity (Wildman–Crippen MR) is 143 cm³/mol. The van der Waals surface area contributed by atoms with Gasteiger partial charge in [-0.3, -0.25) is 28.8 Å². The Morgan fingerprint density at radius 3 is 1.10 bits per heavy atom. The van der Waals surface area contributed by atoms with Crippen molar-refractivity contribution < 1.29 is 77.7 Å². The molecule has 0 spiro atoms. The highest BCUT2D eigenvalue weighted by Gasteiger charge is 2.38. The van der Waals surface area contributed by atoms with E-state index in [0.717, 1.165) is 21.3 Å². The van der Waals surface area contributed by atoms with Crippen molar-refractivity contribution in [2.75, 3.05) is 62.0 Å². The van der Waals surface area contributed by atoms with E-state index in [4.69, 9.17) is 25.2 Å². The molecule has 0 rings (SSSR count). The Morgan fingerprint density at radius 2 is 0.857 bits per heavy atom. The minimum absolute atomic E-state index is 0.104. The molecule has 1 unspecified atom stereocenters. The second kappa shape index (κ2) is 29.0. The van der Waals surface area contributed by atoms with E-state index in [0.29, 0.717) is 6.42 Å². The number of Topliss-reactive ketones (excluding diaryl/α,β-unsaturated/α-hetero) is 1. The second-order valence-electron chi connectivity index (χ2n) is 8.49. The zero-order chi connectivity index (χ0) is 33.8. The van der Waals surface area contributed by atoms with Crippen LogP contribution in [0.2, 0.25) is 0 Å². The Morgan fingerprint density at radius 1 is 0.548 bits per heavy atom. The fraction of sp³-hybridized carbons (Fsp3) is 0.731. The molecule has 0 aliphatic heterocycles. The number of rotatable bonds is 15. The molecular weight excluding hydrogens is 568 g/mol. The highest BCUT2D eigenvalue weighted by atomic mass is 16.6. The average Bonchev–Trinajstić information content (AvgIpc) is 3.02. The van der Waals surface area contributed by atoms with Gasteiger partial charge in [0.15, 0.2) is 5.92 Å². The van der Waals surface area contributed by atoms with E-state index >= 15 is 0 Å². The minimum Gasteiger partial charge on any atom is -0.469 e. The van der Waals surface area contributed by atoms with Gasteiger partial charge >= 0.3 is 29.8 Å². The molecule has 16 heteroatoms. The fourth-order valence-corrected chi connectivity index (χ4v) is 2.83. The molecule has 0 fully saturated rings. The number of hydrogen-bond donors (Lipinski definition) is 4. The first-order valence-corrected chi connectivity index (χ1v) is 12.4. The average molecular weight is 615 g/mol. The van der Waals surface area contributed by atoms with Gasteiger partial charge in [-0.25, -0.2) is 0 Å². The van der Waals surface area contributed by atoms with Crippen LogP contribution in [0.1, 0.15) is 33.1 Å². The summed E-state index contributed by atoms with van der Waals surface area (Å²) in [6, 6.07) is 0. The molecule has 16 nitrogen and oxygen atoms in total. The van der Waals surface area contributed by atoms with Crippen LogP contribution < -0.4 is 0 Å². The molecule has 0 bridgehead atoms. The quantitative estimate of drug-likeness (QED) is 0.0927. The number of carbonyl (C=O) groups is 7. The van der Waals surface area contributed by atoms with Crippen molar-refractivity contribution in [3.8, 4) is 0 Å². The first kappa shape index (κ1) is 45.5. The fourth-order valence-electron chi connectivity index (χ4n) is 2.83. The Bertz CT molecular complexity index is 734. The molecule has 0 aromatic heterocycles. The van der Waals surface area contributed by atoms with Crippen molar-refractivity contribution in [2.24, 2.45) is 29.6 Å². The number of ketones is 1. The van der Waals surface area contributed by atoms with Crippen LogP contribution in [0.15, 0.2) is 0 Å². The van der Waals surface area contributed by atoms with Crippen molar-refractivity contribution >= 4 is 42.4 Å². The second-order valence-corrected chi connectivity index (χ2v) is 8.49. The van der Waals surface area contributed by atoms with Crippen LogP contribution in [0, 0.1) is 29.6 Å². The highest BCUT2D eigenvalue weighted by Crippen LogP contribution is 2.21. The van der Waals surface area contributed by atoms with E-state index in [2.05, 4.69) is 23.7 Å². The number of hydrogen-bond acceptors (Lipinski definition) is 16. The number of aliphatic hydroxyl groups is 4. The molecular formula is C26H46O16. The van der Waals surface area contributed by atoms with Gasteiger partial charge in [-0.05, 0) is 12.8 Å². The zero-order valence-corrected chi connectivity index (χ0v) is 25.2. The summed E-state index contributed by atoms with van der Waals surface area (Å²) in [4.78, 5) is 75.3. The summed E-state index contributed by atoms with van der Waals surface area (Å²) in [5, 5.41) is 34.6. The van der Waals surface area contributed by atoms with Gasteiger partial charge in [0, 0.05) is 44.2 Å². The molecule has 0 aromatic carbocycles. The largest absolute Gasteiger partial charge is 0.469 e. The zero-order valence-electron chi connectivity index (χ0n) is 25.2. The van der Waals surface area contributed by atoms with Gasteiger partial charge in [-0.2, -0.15) is 0 Å².